The highest BCUT2D eigenvalue weighted by Crippen LogP contribution is 2.35. The van der Waals surface area contributed by atoms with Gasteiger partial charge in [-0.3, -0.25) is 0 Å². The van der Waals surface area contributed by atoms with Gasteiger partial charge in [0.1, 0.15) is 5.75 Å². The maximum Gasteiger partial charge on any atom is 0.136 e. The molecule has 3 heteroatoms. The van der Waals surface area contributed by atoms with E-state index in [1.54, 1.807) is 0 Å². The summed E-state index contributed by atoms with van der Waals surface area (Å²) >= 11 is 3.57. The summed E-state index contributed by atoms with van der Waals surface area (Å²) in [5, 5.41) is 0. The van der Waals surface area contributed by atoms with E-state index < -0.39 is 0 Å². The molecule has 0 amide bonds. The van der Waals surface area contributed by atoms with Gasteiger partial charge in [0.2, 0.25) is 0 Å². The molecular weight excluding hydrogens is 355 g/mol. The lowest BCUT2D eigenvalue weighted by Crippen LogP contribution is -2.15. The fraction of sp³-hybridized carbons (Fsp3) is 0.684. The minimum absolute atomic E-state index is 0.890. The number of hydrogen-bond donors (Lipinski definition) is 0. The summed E-state index contributed by atoms with van der Waals surface area (Å²) in [6, 6.07) is 6.45. The fourth-order valence-electron chi connectivity index (χ4n) is 3.66. The third kappa shape index (κ3) is 5.85. The van der Waals surface area contributed by atoms with Crippen molar-refractivity contribution >= 4 is 25.4 Å². The van der Waals surface area contributed by atoms with E-state index in [9.17, 15) is 0 Å². The molecule has 0 aliphatic heterocycles. The van der Waals surface area contributed by atoms with E-state index in [0.717, 1.165) is 22.1 Å². The van der Waals surface area contributed by atoms with Gasteiger partial charge in [0.05, 0.1) is 13.9 Å². The molecule has 1 atom stereocenters. The molecule has 22 heavy (non-hydrogen) atoms. The van der Waals surface area contributed by atoms with Crippen LogP contribution in [0.4, 0.5) is 0 Å². The lowest BCUT2D eigenvalue weighted by atomic mass is 9.78. The number of rotatable bonds is 8. The predicted molar refractivity (Wildman–Crippen MR) is 102 cm³/mol. The first-order chi connectivity index (χ1) is 10.7. The number of benzene rings is 1. The summed E-state index contributed by atoms with van der Waals surface area (Å²) < 4.78 is 6.27. The van der Waals surface area contributed by atoms with Crippen LogP contribution in [-0.2, 0) is 6.42 Å². The normalized spacial score (nSPS) is 21.8. The van der Waals surface area contributed by atoms with Gasteiger partial charge in [0.25, 0.3) is 0 Å². The van der Waals surface area contributed by atoms with Gasteiger partial charge >= 0.3 is 0 Å². The van der Waals surface area contributed by atoms with E-state index in [0.29, 0.717) is 0 Å². The Bertz CT molecular complexity index is 441. The first-order valence-corrected chi connectivity index (χ1v) is 10.1. The molecule has 1 aromatic carbocycles. The summed E-state index contributed by atoms with van der Waals surface area (Å²) in [7, 11) is 2.30. The second kappa shape index (κ2) is 9.93. The quantitative estimate of drug-likeness (QED) is 0.348. The van der Waals surface area contributed by atoms with Crippen LogP contribution in [0, 0.1) is 11.8 Å². The van der Waals surface area contributed by atoms with E-state index in [4.69, 9.17) is 4.52 Å². The molecule has 0 radical (unpaired) electrons. The van der Waals surface area contributed by atoms with E-state index in [-0.39, 0.29) is 0 Å². The van der Waals surface area contributed by atoms with Crippen molar-refractivity contribution in [2.75, 3.05) is 0 Å². The molecule has 1 fully saturated rings. The van der Waals surface area contributed by atoms with Gasteiger partial charge in [-0.2, -0.15) is 0 Å². The molecule has 1 aliphatic rings. The highest BCUT2D eigenvalue weighted by atomic mass is 79.9. The lowest BCUT2D eigenvalue weighted by molar-refractivity contribution is 0.249. The van der Waals surface area contributed by atoms with Crippen LogP contribution in [-0.4, -0.2) is 0 Å². The summed E-state index contributed by atoms with van der Waals surface area (Å²) in [5.74, 6) is 2.86. The summed E-state index contributed by atoms with van der Waals surface area (Å²) in [4.78, 5) is 0. The predicted octanol–water partition coefficient (Wildman–Crippen LogP) is 6.94. The van der Waals surface area contributed by atoms with Crippen LogP contribution in [0.1, 0.15) is 70.3 Å². The fourth-order valence-corrected chi connectivity index (χ4v) is 4.56. The molecule has 1 aliphatic carbocycles. The largest absolute Gasteiger partial charge is 0.479 e. The van der Waals surface area contributed by atoms with Crippen molar-refractivity contribution in [3.63, 3.8) is 0 Å². The Morgan fingerprint density at radius 1 is 1.09 bits per heavy atom. The SMILES string of the molecule is CCCCCC1CCC(CCc2ccc(OP)c(Br)c2)CC1. The second-order valence-corrected chi connectivity index (χ2v) is 7.89. The number of aryl methyl sites for hydroxylation is 1. The molecule has 0 aromatic heterocycles. The van der Waals surface area contributed by atoms with E-state index >= 15 is 0 Å². The number of halogens is 1. The third-order valence-electron chi connectivity index (χ3n) is 5.15. The Kier molecular flexibility index (Phi) is 8.25. The molecule has 0 bridgehead atoms. The van der Waals surface area contributed by atoms with Gasteiger partial charge in [-0.1, -0.05) is 64.4 Å². The first kappa shape index (κ1) is 18.3. The molecule has 0 saturated heterocycles. The zero-order valence-corrected chi connectivity index (χ0v) is 16.6. The molecule has 1 nitrogen and oxygen atoms in total. The molecule has 124 valence electrons. The van der Waals surface area contributed by atoms with E-state index in [2.05, 4.69) is 50.5 Å². The Labute approximate surface area is 147 Å². The maximum atomic E-state index is 5.22. The Morgan fingerprint density at radius 3 is 2.36 bits per heavy atom. The molecule has 2 rings (SSSR count). The summed E-state index contributed by atoms with van der Waals surface area (Å²) in [5.41, 5.74) is 1.42. The summed E-state index contributed by atoms with van der Waals surface area (Å²) in [6.07, 6.45) is 14.1. The zero-order chi connectivity index (χ0) is 15.8. The second-order valence-electron chi connectivity index (χ2n) is 6.80. The maximum absolute atomic E-state index is 5.22. The monoisotopic (exact) mass is 384 g/mol. The molecule has 0 heterocycles. The van der Waals surface area contributed by atoms with Crippen molar-refractivity contribution in [1.82, 2.24) is 0 Å². The average molecular weight is 385 g/mol. The lowest BCUT2D eigenvalue weighted by Gasteiger charge is -2.28. The van der Waals surface area contributed by atoms with Crippen molar-refractivity contribution in [2.24, 2.45) is 11.8 Å². The van der Waals surface area contributed by atoms with Crippen LogP contribution < -0.4 is 4.52 Å². The van der Waals surface area contributed by atoms with E-state index in [1.807, 2.05) is 0 Å². The van der Waals surface area contributed by atoms with Crippen LogP contribution in [0.15, 0.2) is 22.7 Å². The van der Waals surface area contributed by atoms with Gasteiger partial charge in [-0.15, -0.1) is 0 Å². The third-order valence-corrected chi connectivity index (χ3v) is 6.02. The molecular formula is C19H30BrOP. The first-order valence-electron chi connectivity index (χ1n) is 8.88. The van der Waals surface area contributed by atoms with Gasteiger partial charge < -0.3 is 4.52 Å². The average Bonchev–Trinajstić information content (AvgIpc) is 2.54. The van der Waals surface area contributed by atoms with Crippen LogP contribution >= 0.6 is 25.4 Å². The highest BCUT2D eigenvalue weighted by molar-refractivity contribution is 9.10. The smallest absolute Gasteiger partial charge is 0.136 e. The van der Waals surface area contributed by atoms with Crippen molar-refractivity contribution in [3.8, 4) is 5.75 Å². The molecule has 1 saturated carbocycles. The molecule has 0 spiro atoms. The van der Waals surface area contributed by atoms with Crippen LogP contribution in [0.5, 0.6) is 5.75 Å². The molecule has 1 aromatic rings. The molecule has 1 unspecified atom stereocenters. The van der Waals surface area contributed by atoms with Crippen molar-refractivity contribution < 1.29 is 4.52 Å². The Balaban J connectivity index is 1.69. The topological polar surface area (TPSA) is 9.23 Å². The van der Waals surface area contributed by atoms with E-state index in [1.165, 1.54) is 69.8 Å². The minimum Gasteiger partial charge on any atom is -0.479 e. The molecule has 0 N–H and O–H groups in total. The van der Waals surface area contributed by atoms with Crippen LogP contribution in [0.3, 0.4) is 0 Å². The van der Waals surface area contributed by atoms with Crippen LogP contribution in [0.25, 0.3) is 0 Å². The van der Waals surface area contributed by atoms with Crippen LogP contribution in [0.2, 0.25) is 0 Å². The van der Waals surface area contributed by atoms with Gasteiger partial charge in [0.15, 0.2) is 0 Å². The summed E-state index contributed by atoms with van der Waals surface area (Å²) in [6.45, 7) is 2.30. The zero-order valence-electron chi connectivity index (χ0n) is 13.8. The number of hydrogen-bond acceptors (Lipinski definition) is 1. The van der Waals surface area contributed by atoms with Gasteiger partial charge in [-0.25, -0.2) is 0 Å². The van der Waals surface area contributed by atoms with Gasteiger partial charge in [-0.05, 0) is 58.3 Å². The Hall–Kier alpha value is -0.0700. The van der Waals surface area contributed by atoms with Crippen molar-refractivity contribution in [1.29, 1.82) is 0 Å². The highest BCUT2D eigenvalue weighted by Gasteiger charge is 2.20. The number of unbranched alkanes of at least 4 members (excludes halogenated alkanes) is 2. The van der Waals surface area contributed by atoms with Crippen molar-refractivity contribution in [2.45, 2.75) is 71.1 Å². The van der Waals surface area contributed by atoms with Gasteiger partial charge in [0, 0.05) is 0 Å². The van der Waals surface area contributed by atoms with Crippen molar-refractivity contribution in [3.05, 3.63) is 28.2 Å². The minimum atomic E-state index is 0.890. The Morgan fingerprint density at radius 2 is 1.77 bits per heavy atom. The standard InChI is InChI=1S/C19H30BrOP/c1-2-3-4-5-15-6-8-16(9-7-15)10-11-17-12-13-19(21-22)18(20)14-17/h12-16H,2-11,22H2,1H3.